The van der Waals surface area contributed by atoms with E-state index >= 15 is 0 Å². The summed E-state index contributed by atoms with van der Waals surface area (Å²) in [5.41, 5.74) is 0. The molecule has 0 aliphatic heterocycles. The Morgan fingerprint density at radius 3 is 2.50 bits per heavy atom. The van der Waals surface area contributed by atoms with Crippen LogP contribution in [-0.2, 0) is 0 Å². The summed E-state index contributed by atoms with van der Waals surface area (Å²) in [5, 5.41) is 3.97. The number of hydrogen-bond donors (Lipinski definition) is 1. The van der Waals surface area contributed by atoms with E-state index in [1.54, 1.807) is 0 Å². The highest BCUT2D eigenvalue weighted by Crippen LogP contribution is 2.27. The second kappa shape index (κ2) is 8.32. The number of halogens is 1. The van der Waals surface area contributed by atoms with Gasteiger partial charge in [-0.25, -0.2) is 0 Å². The molecular weight excluding hydrogens is 220 g/mol. The lowest BCUT2D eigenvalue weighted by Gasteiger charge is -2.27. The van der Waals surface area contributed by atoms with Gasteiger partial charge in [0.2, 0.25) is 0 Å². The van der Waals surface area contributed by atoms with Crippen molar-refractivity contribution in [2.45, 2.75) is 44.9 Å². The van der Waals surface area contributed by atoms with Crippen LogP contribution in [0.3, 0.4) is 0 Å². The van der Waals surface area contributed by atoms with E-state index in [-0.39, 0.29) is 0 Å². The first-order valence-electron chi connectivity index (χ1n) is 6.85. The molecule has 2 nitrogen and oxygen atoms in total. The van der Waals surface area contributed by atoms with Crippen LogP contribution in [0, 0.1) is 5.92 Å². The summed E-state index contributed by atoms with van der Waals surface area (Å²) in [4.78, 5) is 2.45. The Labute approximate surface area is 106 Å². The van der Waals surface area contributed by atoms with Gasteiger partial charge in [-0.15, -0.1) is 11.6 Å². The molecule has 1 aliphatic carbocycles. The fraction of sp³-hybridized carbons (Fsp3) is 1.00. The Morgan fingerprint density at radius 1 is 1.19 bits per heavy atom. The van der Waals surface area contributed by atoms with Gasteiger partial charge in [-0.1, -0.05) is 26.7 Å². The molecule has 96 valence electrons. The molecule has 3 heteroatoms. The van der Waals surface area contributed by atoms with Crippen LogP contribution >= 0.6 is 11.6 Å². The maximum atomic E-state index is 6.33. The number of likely N-dealkylation sites (N-methyl/N-ethyl adjacent to an activating group) is 1. The molecule has 0 aromatic rings. The maximum Gasteiger partial charge on any atom is 0.0376 e. The van der Waals surface area contributed by atoms with E-state index in [0.717, 1.165) is 32.7 Å². The normalized spacial score (nSPS) is 26.2. The molecule has 0 radical (unpaired) electrons. The minimum absolute atomic E-state index is 0.412. The van der Waals surface area contributed by atoms with Gasteiger partial charge in [0.25, 0.3) is 0 Å². The second-order valence-corrected chi connectivity index (χ2v) is 5.35. The van der Waals surface area contributed by atoms with E-state index in [9.17, 15) is 0 Å². The van der Waals surface area contributed by atoms with Gasteiger partial charge in [0.15, 0.2) is 0 Å². The lowest BCUT2D eigenvalue weighted by Crippen LogP contribution is -2.36. The van der Waals surface area contributed by atoms with Crippen LogP contribution in [0.25, 0.3) is 0 Å². The van der Waals surface area contributed by atoms with Crippen molar-refractivity contribution in [3.05, 3.63) is 0 Å². The number of nitrogens with zero attached hydrogens (tertiary/aromatic N) is 1. The van der Waals surface area contributed by atoms with Crippen LogP contribution < -0.4 is 5.32 Å². The number of alkyl halides is 1. The van der Waals surface area contributed by atoms with Gasteiger partial charge in [-0.2, -0.15) is 0 Å². The van der Waals surface area contributed by atoms with E-state index in [1.165, 1.54) is 25.7 Å². The van der Waals surface area contributed by atoms with Crippen LogP contribution in [0.5, 0.6) is 0 Å². The topological polar surface area (TPSA) is 15.3 Å². The maximum absolute atomic E-state index is 6.33. The zero-order valence-electron chi connectivity index (χ0n) is 10.8. The molecule has 0 bridgehead atoms. The largest absolute Gasteiger partial charge is 0.315 e. The molecule has 1 saturated carbocycles. The van der Waals surface area contributed by atoms with Gasteiger partial charge < -0.3 is 10.2 Å². The Balaban J connectivity index is 2.05. The molecule has 2 atom stereocenters. The zero-order chi connectivity index (χ0) is 11.8. The van der Waals surface area contributed by atoms with Crippen molar-refractivity contribution in [1.82, 2.24) is 10.2 Å². The molecule has 2 unspecified atom stereocenters. The second-order valence-electron chi connectivity index (χ2n) is 4.79. The van der Waals surface area contributed by atoms with Crippen molar-refractivity contribution in [2.24, 2.45) is 5.92 Å². The molecule has 0 aromatic carbocycles. The summed E-state index contributed by atoms with van der Waals surface area (Å²) >= 11 is 6.33. The SMILES string of the molecule is CCN(CC)CCNCC1CCCCC1Cl. The lowest BCUT2D eigenvalue weighted by atomic mass is 9.89. The summed E-state index contributed by atoms with van der Waals surface area (Å²) < 4.78 is 0. The molecule has 0 saturated heterocycles. The molecule has 0 aromatic heterocycles. The molecule has 0 amide bonds. The van der Waals surface area contributed by atoms with Crippen LogP contribution in [0.15, 0.2) is 0 Å². The monoisotopic (exact) mass is 246 g/mol. The zero-order valence-corrected chi connectivity index (χ0v) is 11.6. The standard InChI is InChI=1S/C13H27ClN2/c1-3-16(4-2)10-9-15-11-12-7-5-6-8-13(12)14/h12-13,15H,3-11H2,1-2H3. The van der Waals surface area contributed by atoms with E-state index in [4.69, 9.17) is 11.6 Å². The summed E-state index contributed by atoms with van der Waals surface area (Å²) in [6.07, 6.45) is 5.21. The lowest BCUT2D eigenvalue weighted by molar-refractivity contribution is 0.290. The third kappa shape index (κ3) is 5.03. The molecule has 1 fully saturated rings. The van der Waals surface area contributed by atoms with Crippen LogP contribution in [0.2, 0.25) is 0 Å². The van der Waals surface area contributed by atoms with E-state index in [2.05, 4.69) is 24.1 Å². The first-order valence-corrected chi connectivity index (χ1v) is 7.28. The Bertz CT molecular complexity index is 171. The molecule has 16 heavy (non-hydrogen) atoms. The third-order valence-corrected chi connectivity index (χ3v) is 4.30. The van der Waals surface area contributed by atoms with Crippen LogP contribution in [-0.4, -0.2) is 43.0 Å². The Morgan fingerprint density at radius 2 is 1.88 bits per heavy atom. The van der Waals surface area contributed by atoms with Crippen molar-refractivity contribution < 1.29 is 0 Å². The molecule has 1 aliphatic rings. The van der Waals surface area contributed by atoms with Gasteiger partial charge in [0.1, 0.15) is 0 Å². The van der Waals surface area contributed by atoms with Gasteiger partial charge in [-0.05, 0) is 38.4 Å². The molecular formula is C13H27ClN2. The highest BCUT2D eigenvalue weighted by atomic mass is 35.5. The summed E-state index contributed by atoms with van der Waals surface area (Å²) in [6, 6.07) is 0. The van der Waals surface area contributed by atoms with Crippen molar-refractivity contribution in [3.63, 3.8) is 0 Å². The van der Waals surface area contributed by atoms with E-state index < -0.39 is 0 Å². The summed E-state index contributed by atoms with van der Waals surface area (Å²) in [6.45, 7) is 10.1. The molecule has 1 rings (SSSR count). The van der Waals surface area contributed by atoms with Gasteiger partial charge >= 0.3 is 0 Å². The summed E-state index contributed by atoms with van der Waals surface area (Å²) in [7, 11) is 0. The predicted octanol–water partition coefficient (Wildman–Crippen LogP) is 2.72. The van der Waals surface area contributed by atoms with E-state index in [1.807, 2.05) is 0 Å². The number of hydrogen-bond acceptors (Lipinski definition) is 2. The highest BCUT2D eigenvalue weighted by Gasteiger charge is 2.22. The van der Waals surface area contributed by atoms with Crippen LogP contribution in [0.4, 0.5) is 0 Å². The first kappa shape index (κ1) is 14.3. The average Bonchev–Trinajstić information content (AvgIpc) is 2.31. The summed E-state index contributed by atoms with van der Waals surface area (Å²) in [5.74, 6) is 0.701. The molecule has 0 spiro atoms. The van der Waals surface area contributed by atoms with Gasteiger partial charge in [-0.3, -0.25) is 0 Å². The average molecular weight is 247 g/mol. The number of rotatable bonds is 7. The van der Waals surface area contributed by atoms with Gasteiger partial charge in [0.05, 0.1) is 0 Å². The van der Waals surface area contributed by atoms with Crippen molar-refractivity contribution in [3.8, 4) is 0 Å². The van der Waals surface area contributed by atoms with Crippen molar-refractivity contribution >= 4 is 11.6 Å². The van der Waals surface area contributed by atoms with Crippen molar-refractivity contribution in [1.29, 1.82) is 0 Å². The van der Waals surface area contributed by atoms with Gasteiger partial charge in [0, 0.05) is 18.5 Å². The third-order valence-electron chi connectivity index (χ3n) is 3.72. The van der Waals surface area contributed by atoms with E-state index in [0.29, 0.717) is 11.3 Å². The van der Waals surface area contributed by atoms with Crippen LogP contribution in [0.1, 0.15) is 39.5 Å². The first-order chi connectivity index (χ1) is 7.77. The molecule has 1 N–H and O–H groups in total. The number of nitrogens with one attached hydrogen (secondary N) is 1. The fourth-order valence-corrected chi connectivity index (χ4v) is 2.83. The quantitative estimate of drug-likeness (QED) is 0.549. The minimum atomic E-state index is 0.412. The fourth-order valence-electron chi connectivity index (χ4n) is 2.46. The smallest absolute Gasteiger partial charge is 0.0376 e. The highest BCUT2D eigenvalue weighted by molar-refractivity contribution is 6.20. The minimum Gasteiger partial charge on any atom is -0.315 e. The predicted molar refractivity (Wildman–Crippen MR) is 72.3 cm³/mol. The Kier molecular flexibility index (Phi) is 7.42. The van der Waals surface area contributed by atoms with Crippen molar-refractivity contribution in [2.75, 3.05) is 32.7 Å². The molecule has 0 heterocycles. The Hall–Kier alpha value is 0.210.